The second kappa shape index (κ2) is 7.82. The first-order chi connectivity index (χ1) is 14.0. The SMILES string of the molecule is O=C(C1CCC(=O)N1S(=O)(=O)c1ccccc1)N1CCN(c2ccccn2)CC1. The monoisotopic (exact) mass is 414 g/mol. The molecule has 1 aromatic heterocycles. The predicted molar refractivity (Wildman–Crippen MR) is 107 cm³/mol. The van der Waals surface area contributed by atoms with Crippen molar-refractivity contribution in [3.63, 3.8) is 0 Å². The van der Waals surface area contributed by atoms with Crippen molar-refractivity contribution in [3.05, 3.63) is 54.7 Å². The standard InChI is InChI=1S/C20H22N4O4S/c25-19-10-9-17(24(19)29(27,28)16-6-2-1-3-7-16)20(26)23-14-12-22(13-15-23)18-8-4-5-11-21-18/h1-8,11,17H,9-10,12-15H2. The van der Waals surface area contributed by atoms with Crippen LogP contribution in [0.5, 0.6) is 0 Å². The van der Waals surface area contributed by atoms with Crippen LogP contribution in [0.4, 0.5) is 5.82 Å². The van der Waals surface area contributed by atoms with Crippen molar-refractivity contribution in [2.75, 3.05) is 31.1 Å². The highest BCUT2D eigenvalue weighted by molar-refractivity contribution is 7.89. The van der Waals surface area contributed by atoms with Gasteiger partial charge in [-0.05, 0) is 30.7 Å². The maximum absolute atomic E-state index is 13.1. The third-order valence-corrected chi connectivity index (χ3v) is 7.15. The van der Waals surface area contributed by atoms with Crippen LogP contribution in [-0.2, 0) is 19.6 Å². The Bertz CT molecular complexity index is 990. The highest BCUT2D eigenvalue weighted by Gasteiger charge is 2.45. The van der Waals surface area contributed by atoms with E-state index in [0.717, 1.165) is 10.1 Å². The molecule has 0 N–H and O–H groups in total. The number of nitrogens with zero attached hydrogens (tertiary/aromatic N) is 4. The number of piperazine rings is 1. The number of benzene rings is 1. The van der Waals surface area contributed by atoms with Gasteiger partial charge in [0, 0.05) is 38.8 Å². The molecule has 2 amide bonds. The van der Waals surface area contributed by atoms with E-state index in [4.69, 9.17) is 0 Å². The van der Waals surface area contributed by atoms with E-state index >= 15 is 0 Å². The van der Waals surface area contributed by atoms with Gasteiger partial charge in [0.1, 0.15) is 11.9 Å². The third-order valence-electron chi connectivity index (χ3n) is 5.31. The maximum Gasteiger partial charge on any atom is 0.267 e. The van der Waals surface area contributed by atoms with Crippen molar-refractivity contribution in [1.82, 2.24) is 14.2 Å². The van der Waals surface area contributed by atoms with E-state index in [2.05, 4.69) is 9.88 Å². The van der Waals surface area contributed by atoms with Crippen LogP contribution < -0.4 is 4.90 Å². The number of carbonyl (C=O) groups excluding carboxylic acids is 2. The fraction of sp³-hybridized carbons (Fsp3) is 0.350. The molecular formula is C20H22N4O4S. The Hall–Kier alpha value is -2.94. The minimum atomic E-state index is -4.06. The molecule has 0 bridgehead atoms. The van der Waals surface area contributed by atoms with Crippen molar-refractivity contribution in [2.45, 2.75) is 23.8 Å². The minimum absolute atomic E-state index is 0.0213. The highest BCUT2D eigenvalue weighted by Crippen LogP contribution is 2.28. The lowest BCUT2D eigenvalue weighted by atomic mass is 10.2. The zero-order valence-electron chi connectivity index (χ0n) is 15.8. The van der Waals surface area contributed by atoms with Crippen LogP contribution >= 0.6 is 0 Å². The van der Waals surface area contributed by atoms with Crippen LogP contribution in [0.25, 0.3) is 0 Å². The van der Waals surface area contributed by atoms with Gasteiger partial charge in [-0.1, -0.05) is 24.3 Å². The number of pyridine rings is 1. The number of hydrogen-bond acceptors (Lipinski definition) is 6. The first kappa shape index (κ1) is 19.4. The first-order valence-electron chi connectivity index (χ1n) is 9.55. The van der Waals surface area contributed by atoms with Gasteiger partial charge in [0.25, 0.3) is 10.0 Å². The third kappa shape index (κ3) is 3.69. The summed E-state index contributed by atoms with van der Waals surface area (Å²) in [5.74, 6) is 0.0132. The van der Waals surface area contributed by atoms with Gasteiger partial charge in [0.05, 0.1) is 4.90 Å². The molecule has 0 radical (unpaired) electrons. The molecule has 1 atom stereocenters. The molecule has 3 heterocycles. The molecule has 2 aliphatic rings. The average Bonchev–Trinajstić information content (AvgIpc) is 3.17. The van der Waals surface area contributed by atoms with Crippen molar-refractivity contribution in [1.29, 1.82) is 0 Å². The lowest BCUT2D eigenvalue weighted by molar-refractivity contribution is -0.138. The maximum atomic E-state index is 13.1. The summed E-state index contributed by atoms with van der Waals surface area (Å²) in [7, 11) is -4.06. The lowest BCUT2D eigenvalue weighted by Gasteiger charge is -2.37. The lowest BCUT2D eigenvalue weighted by Crippen LogP contribution is -2.55. The Morgan fingerprint density at radius 1 is 0.966 bits per heavy atom. The number of aromatic nitrogens is 1. The van der Waals surface area contributed by atoms with Crippen molar-refractivity contribution in [2.24, 2.45) is 0 Å². The second-order valence-corrected chi connectivity index (χ2v) is 8.88. The van der Waals surface area contributed by atoms with Gasteiger partial charge in [-0.3, -0.25) is 9.59 Å². The summed E-state index contributed by atoms with van der Waals surface area (Å²) in [6.45, 7) is 2.13. The van der Waals surface area contributed by atoms with Crippen molar-refractivity contribution in [3.8, 4) is 0 Å². The molecule has 4 rings (SSSR count). The Labute approximate surface area is 169 Å². The van der Waals surface area contributed by atoms with E-state index in [9.17, 15) is 18.0 Å². The average molecular weight is 414 g/mol. The smallest absolute Gasteiger partial charge is 0.267 e. The summed E-state index contributed by atoms with van der Waals surface area (Å²) in [4.78, 5) is 33.6. The zero-order chi connectivity index (χ0) is 20.4. The summed E-state index contributed by atoms with van der Waals surface area (Å²) >= 11 is 0. The number of anilines is 1. The van der Waals surface area contributed by atoms with E-state index in [1.807, 2.05) is 18.2 Å². The molecule has 2 aliphatic heterocycles. The Kier molecular flexibility index (Phi) is 5.23. The number of hydrogen-bond donors (Lipinski definition) is 0. The molecule has 29 heavy (non-hydrogen) atoms. The number of sulfonamides is 1. The minimum Gasteiger partial charge on any atom is -0.353 e. The van der Waals surface area contributed by atoms with Crippen LogP contribution in [-0.4, -0.2) is 66.6 Å². The Morgan fingerprint density at radius 2 is 1.66 bits per heavy atom. The second-order valence-electron chi connectivity index (χ2n) is 7.06. The molecule has 152 valence electrons. The van der Waals surface area contributed by atoms with Gasteiger partial charge < -0.3 is 9.80 Å². The van der Waals surface area contributed by atoms with E-state index in [0.29, 0.717) is 26.2 Å². The molecule has 9 heteroatoms. The van der Waals surface area contributed by atoms with Crippen LogP contribution in [0.3, 0.4) is 0 Å². The normalized spacial score (nSPS) is 20.2. The molecule has 2 aromatic rings. The summed E-state index contributed by atoms with van der Waals surface area (Å²) in [6.07, 6.45) is 1.99. The fourth-order valence-electron chi connectivity index (χ4n) is 3.80. The molecular weight excluding hydrogens is 392 g/mol. The van der Waals surface area contributed by atoms with Gasteiger partial charge in [-0.15, -0.1) is 0 Å². The van der Waals surface area contributed by atoms with Crippen LogP contribution in [0.1, 0.15) is 12.8 Å². The van der Waals surface area contributed by atoms with Crippen LogP contribution in [0.15, 0.2) is 59.6 Å². The van der Waals surface area contributed by atoms with Gasteiger partial charge >= 0.3 is 0 Å². The largest absolute Gasteiger partial charge is 0.353 e. The quantitative estimate of drug-likeness (QED) is 0.744. The summed E-state index contributed by atoms with van der Waals surface area (Å²) < 4.78 is 26.8. The van der Waals surface area contributed by atoms with E-state index < -0.39 is 22.0 Å². The fourth-order valence-corrected chi connectivity index (χ4v) is 5.42. The molecule has 0 spiro atoms. The van der Waals surface area contributed by atoms with Crippen molar-refractivity contribution < 1.29 is 18.0 Å². The first-order valence-corrected chi connectivity index (χ1v) is 11.0. The van der Waals surface area contributed by atoms with Crippen LogP contribution in [0, 0.1) is 0 Å². The summed E-state index contributed by atoms with van der Waals surface area (Å²) in [5, 5.41) is 0. The highest BCUT2D eigenvalue weighted by atomic mass is 32.2. The number of amides is 2. The molecule has 2 fully saturated rings. The predicted octanol–water partition coefficient (Wildman–Crippen LogP) is 1.11. The Morgan fingerprint density at radius 3 is 2.31 bits per heavy atom. The molecule has 8 nitrogen and oxygen atoms in total. The molecule has 0 aliphatic carbocycles. The molecule has 1 aromatic carbocycles. The zero-order valence-corrected chi connectivity index (χ0v) is 16.7. The molecule has 1 unspecified atom stereocenters. The molecule has 2 saturated heterocycles. The van der Waals surface area contributed by atoms with E-state index in [1.54, 1.807) is 29.3 Å². The van der Waals surface area contributed by atoms with Gasteiger partial charge in [-0.2, -0.15) is 0 Å². The summed E-state index contributed by atoms with van der Waals surface area (Å²) in [5.41, 5.74) is 0. The summed E-state index contributed by atoms with van der Waals surface area (Å²) in [6, 6.07) is 12.5. The van der Waals surface area contributed by atoms with Gasteiger partial charge in [0.2, 0.25) is 11.8 Å². The van der Waals surface area contributed by atoms with Crippen LogP contribution in [0.2, 0.25) is 0 Å². The molecule has 0 saturated carbocycles. The van der Waals surface area contributed by atoms with E-state index in [1.165, 1.54) is 12.1 Å². The number of rotatable bonds is 4. The van der Waals surface area contributed by atoms with Gasteiger partial charge in [0.15, 0.2) is 0 Å². The van der Waals surface area contributed by atoms with Gasteiger partial charge in [-0.25, -0.2) is 17.7 Å². The Balaban J connectivity index is 1.49. The van der Waals surface area contributed by atoms with E-state index in [-0.39, 0.29) is 23.6 Å². The van der Waals surface area contributed by atoms with Crippen molar-refractivity contribution >= 4 is 27.7 Å². The topological polar surface area (TPSA) is 90.9 Å². The number of carbonyl (C=O) groups is 2.